The molecule has 0 saturated heterocycles. The Balaban J connectivity index is 2.51. The van der Waals surface area contributed by atoms with Gasteiger partial charge in [0, 0.05) is 12.0 Å². The molecule has 0 bridgehead atoms. The van der Waals surface area contributed by atoms with Crippen molar-refractivity contribution in [2.45, 2.75) is 39.2 Å². The predicted octanol–water partition coefficient (Wildman–Crippen LogP) is 3.09. The van der Waals surface area contributed by atoms with Crippen LogP contribution in [0.5, 0.6) is 5.75 Å². The Hall–Kier alpha value is -1.06. The molecule has 17 heavy (non-hydrogen) atoms. The van der Waals surface area contributed by atoms with Crippen molar-refractivity contribution in [2.24, 2.45) is 0 Å². The summed E-state index contributed by atoms with van der Waals surface area (Å²) in [5.41, 5.74) is 6.90. The first kappa shape index (κ1) is 12.4. The van der Waals surface area contributed by atoms with Gasteiger partial charge in [-0.1, -0.05) is 26.0 Å². The average Bonchev–Trinajstić information content (AvgIpc) is 2.30. The molecule has 0 fully saturated rings. The molecule has 0 amide bonds. The highest BCUT2D eigenvalue weighted by Crippen LogP contribution is 2.39. The largest absolute Gasteiger partial charge is 0.493 e. The molecular weight excluding hydrogens is 214 g/mol. The molecule has 1 aromatic carbocycles. The second-order valence-electron chi connectivity index (χ2n) is 4.88. The molecule has 1 heterocycles. The lowest BCUT2D eigenvalue weighted by atomic mass is 9.88. The van der Waals surface area contributed by atoms with Crippen LogP contribution in [-0.2, 0) is 4.84 Å². The maximum absolute atomic E-state index is 5.83. The van der Waals surface area contributed by atoms with Crippen molar-refractivity contribution in [1.82, 2.24) is 5.48 Å². The van der Waals surface area contributed by atoms with Gasteiger partial charge in [-0.25, -0.2) is 0 Å². The third-order valence-corrected chi connectivity index (χ3v) is 3.31. The maximum atomic E-state index is 5.83. The summed E-state index contributed by atoms with van der Waals surface area (Å²) >= 11 is 0. The molecule has 0 aromatic heterocycles. The first-order valence-corrected chi connectivity index (χ1v) is 6.19. The number of nitrogens with one attached hydrogen (secondary N) is 1. The van der Waals surface area contributed by atoms with Crippen molar-refractivity contribution < 1.29 is 9.57 Å². The molecule has 1 aliphatic rings. The Morgan fingerprint density at radius 3 is 2.82 bits per heavy atom. The van der Waals surface area contributed by atoms with Gasteiger partial charge in [-0.05, 0) is 24.0 Å². The SMILES string of the molecule is CONC1CCOc2c(C)ccc(C(C)C)c21. The van der Waals surface area contributed by atoms with Crippen molar-refractivity contribution in [3.8, 4) is 5.75 Å². The topological polar surface area (TPSA) is 30.5 Å². The lowest BCUT2D eigenvalue weighted by molar-refractivity contribution is 0.0457. The Bertz CT molecular complexity index is 401. The van der Waals surface area contributed by atoms with Gasteiger partial charge in [0.1, 0.15) is 5.75 Å². The van der Waals surface area contributed by atoms with Crippen molar-refractivity contribution in [2.75, 3.05) is 13.7 Å². The van der Waals surface area contributed by atoms with Gasteiger partial charge in [0.2, 0.25) is 0 Å². The smallest absolute Gasteiger partial charge is 0.127 e. The van der Waals surface area contributed by atoms with Crippen molar-refractivity contribution >= 4 is 0 Å². The molecule has 2 rings (SSSR count). The molecule has 1 aromatic rings. The van der Waals surface area contributed by atoms with Crippen molar-refractivity contribution in [3.63, 3.8) is 0 Å². The van der Waals surface area contributed by atoms with Gasteiger partial charge in [0.25, 0.3) is 0 Å². The molecular formula is C14H21NO2. The van der Waals surface area contributed by atoms with E-state index in [1.807, 2.05) is 0 Å². The number of benzene rings is 1. The van der Waals surface area contributed by atoms with Crippen LogP contribution in [0.25, 0.3) is 0 Å². The van der Waals surface area contributed by atoms with Crippen LogP contribution in [0, 0.1) is 6.92 Å². The van der Waals surface area contributed by atoms with Crippen LogP contribution in [0.15, 0.2) is 12.1 Å². The zero-order chi connectivity index (χ0) is 12.4. The van der Waals surface area contributed by atoms with Crippen LogP contribution in [0.1, 0.15) is 48.9 Å². The highest BCUT2D eigenvalue weighted by molar-refractivity contribution is 5.49. The van der Waals surface area contributed by atoms with E-state index in [9.17, 15) is 0 Å². The quantitative estimate of drug-likeness (QED) is 0.817. The molecule has 0 saturated carbocycles. The summed E-state index contributed by atoms with van der Waals surface area (Å²) in [7, 11) is 1.67. The normalized spacial score (nSPS) is 19.0. The first-order valence-electron chi connectivity index (χ1n) is 6.19. The molecule has 0 radical (unpaired) electrons. The van der Waals surface area contributed by atoms with Crippen molar-refractivity contribution in [1.29, 1.82) is 0 Å². The molecule has 0 aliphatic carbocycles. The van der Waals surface area contributed by atoms with Gasteiger partial charge in [0.15, 0.2) is 0 Å². The summed E-state index contributed by atoms with van der Waals surface area (Å²) in [6.45, 7) is 7.27. The van der Waals surface area contributed by atoms with E-state index in [0.717, 1.165) is 18.8 Å². The minimum Gasteiger partial charge on any atom is -0.493 e. The van der Waals surface area contributed by atoms with E-state index >= 15 is 0 Å². The van der Waals surface area contributed by atoms with E-state index in [2.05, 4.69) is 38.4 Å². The number of aryl methyl sites for hydroxylation is 1. The minimum absolute atomic E-state index is 0.237. The second kappa shape index (κ2) is 5.07. The van der Waals surface area contributed by atoms with Crippen LogP contribution in [0.2, 0.25) is 0 Å². The molecule has 3 heteroatoms. The molecule has 1 atom stereocenters. The van der Waals surface area contributed by atoms with E-state index in [4.69, 9.17) is 9.57 Å². The zero-order valence-corrected chi connectivity index (χ0v) is 11.0. The van der Waals surface area contributed by atoms with Crippen LogP contribution in [0.4, 0.5) is 0 Å². The number of fused-ring (bicyclic) bond motifs is 1. The fourth-order valence-electron chi connectivity index (χ4n) is 2.46. The number of hydrogen-bond acceptors (Lipinski definition) is 3. The van der Waals surface area contributed by atoms with E-state index in [1.165, 1.54) is 16.7 Å². The molecule has 0 spiro atoms. The lowest BCUT2D eigenvalue weighted by Crippen LogP contribution is -2.28. The summed E-state index contributed by atoms with van der Waals surface area (Å²) < 4.78 is 5.83. The molecule has 1 aliphatic heterocycles. The van der Waals surface area contributed by atoms with Crippen LogP contribution >= 0.6 is 0 Å². The van der Waals surface area contributed by atoms with Crippen molar-refractivity contribution in [3.05, 3.63) is 28.8 Å². The summed E-state index contributed by atoms with van der Waals surface area (Å²) in [5.74, 6) is 1.53. The zero-order valence-electron chi connectivity index (χ0n) is 11.0. The highest BCUT2D eigenvalue weighted by Gasteiger charge is 2.26. The Morgan fingerprint density at radius 1 is 1.41 bits per heavy atom. The third-order valence-electron chi connectivity index (χ3n) is 3.31. The molecule has 1 unspecified atom stereocenters. The van der Waals surface area contributed by atoms with E-state index in [0.29, 0.717) is 5.92 Å². The lowest BCUT2D eigenvalue weighted by Gasteiger charge is -2.30. The van der Waals surface area contributed by atoms with Crippen LogP contribution in [-0.4, -0.2) is 13.7 Å². The van der Waals surface area contributed by atoms with E-state index < -0.39 is 0 Å². The third kappa shape index (κ3) is 2.31. The monoisotopic (exact) mass is 235 g/mol. The van der Waals surface area contributed by atoms with Gasteiger partial charge in [-0.15, -0.1) is 0 Å². The standard InChI is InChI=1S/C14H21NO2/c1-9(2)11-6-5-10(3)14-13(11)12(15-16-4)7-8-17-14/h5-6,9,12,15H,7-8H2,1-4H3. The summed E-state index contributed by atoms with van der Waals surface area (Å²) in [6, 6.07) is 4.59. The van der Waals surface area contributed by atoms with Gasteiger partial charge >= 0.3 is 0 Å². The Morgan fingerprint density at radius 2 is 2.18 bits per heavy atom. The van der Waals surface area contributed by atoms with Gasteiger partial charge in [0.05, 0.1) is 19.8 Å². The molecule has 1 N–H and O–H groups in total. The minimum atomic E-state index is 0.237. The molecule has 3 nitrogen and oxygen atoms in total. The Kier molecular flexibility index (Phi) is 3.69. The fourth-order valence-corrected chi connectivity index (χ4v) is 2.46. The van der Waals surface area contributed by atoms with E-state index in [-0.39, 0.29) is 6.04 Å². The van der Waals surface area contributed by atoms with Gasteiger partial charge in [-0.3, -0.25) is 0 Å². The maximum Gasteiger partial charge on any atom is 0.127 e. The average molecular weight is 235 g/mol. The Labute approximate surface area is 103 Å². The molecule has 94 valence electrons. The number of hydroxylamine groups is 1. The summed E-state index contributed by atoms with van der Waals surface area (Å²) in [6.07, 6.45) is 0.948. The number of rotatable bonds is 3. The van der Waals surface area contributed by atoms with E-state index in [1.54, 1.807) is 7.11 Å². The van der Waals surface area contributed by atoms with Crippen LogP contribution in [0.3, 0.4) is 0 Å². The summed E-state index contributed by atoms with van der Waals surface area (Å²) in [5, 5.41) is 0. The number of ether oxygens (including phenoxy) is 1. The summed E-state index contributed by atoms with van der Waals surface area (Å²) in [4.78, 5) is 5.11. The fraction of sp³-hybridized carbons (Fsp3) is 0.571. The van der Waals surface area contributed by atoms with Gasteiger partial charge in [-0.2, -0.15) is 5.48 Å². The van der Waals surface area contributed by atoms with Gasteiger partial charge < -0.3 is 9.57 Å². The second-order valence-corrected chi connectivity index (χ2v) is 4.88. The first-order chi connectivity index (χ1) is 8.15. The van der Waals surface area contributed by atoms with Crippen LogP contribution < -0.4 is 10.2 Å². The highest BCUT2D eigenvalue weighted by atomic mass is 16.6. The predicted molar refractivity (Wildman–Crippen MR) is 68.3 cm³/mol. The number of hydrogen-bond donors (Lipinski definition) is 1.